The van der Waals surface area contributed by atoms with Gasteiger partial charge in [-0.3, -0.25) is 14.0 Å². The SMILES string of the molecule is Cc1nc(C(=O)N2[C@H](CNC(=O)c3cnc4ccccn34)C[C@@H]3C[C@@H]32)c(-c2cccc(Cl)c2Cl)s1. The second-order valence-corrected chi connectivity index (χ2v) is 10.9. The quantitative estimate of drug-likeness (QED) is 0.392. The van der Waals surface area contributed by atoms with Crippen LogP contribution in [0.3, 0.4) is 0 Å². The number of hydrogen-bond acceptors (Lipinski definition) is 5. The topological polar surface area (TPSA) is 79.6 Å². The van der Waals surface area contributed by atoms with E-state index in [1.165, 1.54) is 11.3 Å². The highest BCUT2D eigenvalue weighted by Crippen LogP contribution is 2.49. The maximum atomic E-state index is 13.8. The van der Waals surface area contributed by atoms with Crippen molar-refractivity contribution in [3.05, 3.63) is 75.2 Å². The van der Waals surface area contributed by atoms with Crippen LogP contribution in [0.1, 0.15) is 38.8 Å². The van der Waals surface area contributed by atoms with Gasteiger partial charge in [0.05, 0.1) is 32.2 Å². The first-order valence-electron chi connectivity index (χ1n) is 11.4. The van der Waals surface area contributed by atoms with Gasteiger partial charge >= 0.3 is 0 Å². The number of fused-ring (bicyclic) bond motifs is 2. The van der Waals surface area contributed by atoms with E-state index < -0.39 is 0 Å². The van der Waals surface area contributed by atoms with Crippen molar-refractivity contribution in [1.82, 2.24) is 24.6 Å². The van der Waals surface area contributed by atoms with Crippen LogP contribution in [0.15, 0.2) is 48.8 Å². The fourth-order valence-corrected chi connectivity index (χ4v) is 6.41. The minimum atomic E-state index is -0.215. The first-order valence-corrected chi connectivity index (χ1v) is 12.9. The van der Waals surface area contributed by atoms with Crippen LogP contribution in [-0.2, 0) is 0 Å². The number of aryl methyl sites for hydroxylation is 1. The molecule has 0 spiro atoms. The van der Waals surface area contributed by atoms with Crippen LogP contribution in [0.2, 0.25) is 10.0 Å². The third kappa shape index (κ3) is 3.90. The molecule has 7 nitrogen and oxygen atoms in total. The van der Waals surface area contributed by atoms with E-state index in [9.17, 15) is 9.59 Å². The number of amides is 2. The summed E-state index contributed by atoms with van der Waals surface area (Å²) in [6.45, 7) is 2.24. The molecule has 2 aliphatic rings. The summed E-state index contributed by atoms with van der Waals surface area (Å²) in [7, 11) is 0. The van der Waals surface area contributed by atoms with Gasteiger partial charge in [-0.05, 0) is 43.9 Å². The monoisotopic (exact) mass is 525 g/mol. The van der Waals surface area contributed by atoms with Crippen LogP contribution in [-0.4, -0.2) is 49.7 Å². The molecule has 0 unspecified atom stereocenters. The van der Waals surface area contributed by atoms with Crippen molar-refractivity contribution in [3.63, 3.8) is 0 Å². The van der Waals surface area contributed by atoms with E-state index in [4.69, 9.17) is 23.2 Å². The molecule has 1 saturated carbocycles. The summed E-state index contributed by atoms with van der Waals surface area (Å²) >= 11 is 14.2. The number of carbonyl (C=O) groups excluding carboxylic acids is 2. The molecular formula is C25H21Cl2N5O2S. The summed E-state index contributed by atoms with van der Waals surface area (Å²) in [5.74, 6) is 0.126. The number of nitrogens with zero attached hydrogens (tertiary/aromatic N) is 4. The van der Waals surface area contributed by atoms with Crippen LogP contribution in [0.4, 0.5) is 0 Å². The average molecular weight is 526 g/mol. The highest BCUT2D eigenvalue weighted by molar-refractivity contribution is 7.15. The van der Waals surface area contributed by atoms with Gasteiger partial charge in [-0.1, -0.05) is 41.4 Å². The maximum absolute atomic E-state index is 13.8. The predicted molar refractivity (Wildman–Crippen MR) is 136 cm³/mol. The van der Waals surface area contributed by atoms with Crippen molar-refractivity contribution in [1.29, 1.82) is 0 Å². The minimum Gasteiger partial charge on any atom is -0.349 e. The highest BCUT2D eigenvalue weighted by atomic mass is 35.5. The van der Waals surface area contributed by atoms with Gasteiger partial charge in [0, 0.05) is 24.3 Å². The zero-order valence-electron chi connectivity index (χ0n) is 18.7. The molecule has 6 rings (SSSR count). The predicted octanol–water partition coefficient (Wildman–Crippen LogP) is 5.11. The van der Waals surface area contributed by atoms with Crippen molar-refractivity contribution in [3.8, 4) is 10.4 Å². The summed E-state index contributed by atoms with van der Waals surface area (Å²) in [4.78, 5) is 38.2. The molecule has 1 saturated heterocycles. The Balaban J connectivity index is 1.24. The smallest absolute Gasteiger partial charge is 0.274 e. The molecule has 0 bridgehead atoms. The summed E-state index contributed by atoms with van der Waals surface area (Å²) in [6.07, 6.45) is 5.23. The second-order valence-electron chi connectivity index (χ2n) is 8.96. The Morgan fingerprint density at radius 1 is 1.17 bits per heavy atom. The first kappa shape index (κ1) is 22.5. The molecule has 1 aliphatic heterocycles. The van der Waals surface area contributed by atoms with E-state index in [1.807, 2.05) is 48.4 Å². The summed E-state index contributed by atoms with van der Waals surface area (Å²) < 4.78 is 1.75. The Kier molecular flexibility index (Phi) is 5.55. The van der Waals surface area contributed by atoms with E-state index in [0.717, 1.165) is 22.7 Å². The Morgan fingerprint density at radius 3 is 2.89 bits per heavy atom. The van der Waals surface area contributed by atoms with Crippen LogP contribution in [0.5, 0.6) is 0 Å². The lowest BCUT2D eigenvalue weighted by Gasteiger charge is -2.27. The number of benzene rings is 1. The molecule has 35 heavy (non-hydrogen) atoms. The van der Waals surface area contributed by atoms with Crippen molar-refractivity contribution >= 4 is 52.0 Å². The van der Waals surface area contributed by atoms with Gasteiger partial charge in [-0.25, -0.2) is 9.97 Å². The number of nitrogens with one attached hydrogen (secondary N) is 1. The third-order valence-electron chi connectivity index (χ3n) is 6.73. The number of carbonyl (C=O) groups is 2. The minimum absolute atomic E-state index is 0.0981. The van der Waals surface area contributed by atoms with Gasteiger partial charge in [0.1, 0.15) is 17.0 Å². The molecular weight excluding hydrogens is 505 g/mol. The Bertz CT molecular complexity index is 1480. The molecule has 178 valence electrons. The zero-order valence-corrected chi connectivity index (χ0v) is 21.1. The molecule has 10 heteroatoms. The Labute approximate surface area is 215 Å². The molecule has 4 aromatic rings. The fraction of sp³-hybridized carbons (Fsp3) is 0.280. The van der Waals surface area contributed by atoms with E-state index in [2.05, 4.69) is 15.3 Å². The lowest BCUT2D eigenvalue weighted by molar-refractivity contribution is 0.0684. The second kappa shape index (κ2) is 8.62. The fourth-order valence-electron chi connectivity index (χ4n) is 5.02. The van der Waals surface area contributed by atoms with Crippen LogP contribution < -0.4 is 5.32 Å². The number of imidazole rings is 1. The van der Waals surface area contributed by atoms with Crippen molar-refractivity contribution in [2.45, 2.75) is 31.8 Å². The standard InChI is InChI=1S/C25H21Cl2N5O2S/c1-13-30-22(23(35-13)16-5-4-6-17(26)21(16)27)25(34)32-15(9-14-10-18(14)32)11-29-24(33)19-12-28-20-7-2-3-8-31(19)20/h2-8,12,14-15,18H,9-11H2,1H3,(H,29,33)/t14-,15+,18+/m1/s1. The van der Waals surface area contributed by atoms with E-state index in [-0.39, 0.29) is 23.9 Å². The average Bonchev–Trinajstić information content (AvgIpc) is 3.19. The van der Waals surface area contributed by atoms with Crippen LogP contribution in [0, 0.1) is 12.8 Å². The number of hydrogen-bond donors (Lipinski definition) is 1. The van der Waals surface area contributed by atoms with Crippen molar-refractivity contribution in [2.24, 2.45) is 5.92 Å². The van der Waals surface area contributed by atoms with Gasteiger partial charge in [-0.2, -0.15) is 0 Å². The molecule has 3 aromatic heterocycles. The number of halogens is 2. The maximum Gasteiger partial charge on any atom is 0.274 e. The number of pyridine rings is 1. The van der Waals surface area contributed by atoms with E-state index in [1.54, 1.807) is 16.7 Å². The Hall–Kier alpha value is -2.94. The van der Waals surface area contributed by atoms with Gasteiger partial charge in [0.2, 0.25) is 0 Å². The number of piperidine rings is 1. The summed E-state index contributed by atoms with van der Waals surface area (Å²) in [5.41, 5.74) is 2.27. The van der Waals surface area contributed by atoms with Gasteiger partial charge in [0.15, 0.2) is 0 Å². The van der Waals surface area contributed by atoms with Crippen molar-refractivity contribution in [2.75, 3.05) is 6.54 Å². The molecule has 1 N–H and O–H groups in total. The molecule has 0 radical (unpaired) electrons. The number of thiazole rings is 1. The van der Waals surface area contributed by atoms with Gasteiger partial charge < -0.3 is 10.2 Å². The number of rotatable bonds is 5. The summed E-state index contributed by atoms with van der Waals surface area (Å²) in [6, 6.07) is 11.1. The zero-order chi connectivity index (χ0) is 24.3. The largest absolute Gasteiger partial charge is 0.349 e. The normalized spacial score (nSPS) is 20.8. The van der Waals surface area contributed by atoms with E-state index >= 15 is 0 Å². The molecule has 3 atom stereocenters. The molecule has 4 heterocycles. The van der Waals surface area contributed by atoms with Crippen LogP contribution >= 0.6 is 34.5 Å². The first-order chi connectivity index (χ1) is 16.9. The molecule has 1 aliphatic carbocycles. The van der Waals surface area contributed by atoms with Crippen molar-refractivity contribution < 1.29 is 9.59 Å². The lowest BCUT2D eigenvalue weighted by atomic mass is 10.1. The van der Waals surface area contributed by atoms with E-state index in [0.29, 0.717) is 45.1 Å². The third-order valence-corrected chi connectivity index (χ3v) is 8.55. The number of likely N-dealkylation sites (tertiary alicyclic amines) is 1. The highest BCUT2D eigenvalue weighted by Gasteiger charge is 2.54. The summed E-state index contributed by atoms with van der Waals surface area (Å²) in [5, 5.41) is 4.64. The number of aromatic nitrogens is 3. The molecule has 1 aromatic carbocycles. The van der Waals surface area contributed by atoms with Gasteiger partial charge in [-0.15, -0.1) is 11.3 Å². The molecule has 2 amide bonds. The Morgan fingerprint density at radius 2 is 2.03 bits per heavy atom. The van der Waals surface area contributed by atoms with Crippen LogP contribution in [0.25, 0.3) is 16.1 Å². The lowest BCUT2D eigenvalue weighted by Crippen LogP contribution is -2.45. The van der Waals surface area contributed by atoms with Gasteiger partial charge in [0.25, 0.3) is 11.8 Å². The molecule has 2 fully saturated rings.